The highest BCUT2D eigenvalue weighted by Crippen LogP contribution is 2.22. The number of imidazole rings is 1. The first-order chi connectivity index (χ1) is 8.70. The number of hydrogen-bond acceptors (Lipinski definition) is 2. The van der Waals surface area contributed by atoms with Gasteiger partial charge in [0.05, 0.1) is 11.0 Å². The number of hydrogen-bond donors (Lipinski definition) is 2. The molecule has 2 rings (SSSR count). The van der Waals surface area contributed by atoms with Crippen molar-refractivity contribution < 1.29 is 0 Å². The van der Waals surface area contributed by atoms with Crippen LogP contribution in [0.1, 0.15) is 37.1 Å². The van der Waals surface area contributed by atoms with Crippen LogP contribution in [0.3, 0.4) is 0 Å². The highest BCUT2D eigenvalue weighted by Gasteiger charge is 2.06. The van der Waals surface area contributed by atoms with Crippen LogP contribution in [0.4, 0.5) is 0 Å². The molecule has 98 valence electrons. The number of aryl methyl sites for hydroxylation is 2. The molecule has 0 aliphatic carbocycles. The van der Waals surface area contributed by atoms with Crippen LogP contribution in [0.5, 0.6) is 0 Å². The van der Waals surface area contributed by atoms with Gasteiger partial charge in [-0.15, -0.1) is 0 Å². The topological polar surface area (TPSA) is 54.7 Å². The number of fused-ring (bicyclic) bond motifs is 1. The van der Waals surface area contributed by atoms with Crippen LogP contribution in [0.2, 0.25) is 0 Å². The molecule has 0 saturated heterocycles. The SMILES string of the molecule is Cc1cc(Br)cc2[nH]c(CCCCCCN)nc12. The monoisotopic (exact) mass is 309 g/mol. The van der Waals surface area contributed by atoms with Crippen LogP contribution in [0.15, 0.2) is 16.6 Å². The first-order valence-corrected chi connectivity index (χ1v) is 7.35. The van der Waals surface area contributed by atoms with E-state index >= 15 is 0 Å². The number of rotatable bonds is 6. The average molecular weight is 310 g/mol. The van der Waals surface area contributed by atoms with Gasteiger partial charge >= 0.3 is 0 Å². The molecule has 0 spiro atoms. The zero-order valence-electron chi connectivity index (χ0n) is 10.8. The Balaban J connectivity index is 2.00. The van der Waals surface area contributed by atoms with E-state index in [9.17, 15) is 0 Å². The first-order valence-electron chi connectivity index (χ1n) is 6.55. The number of aromatic amines is 1. The Labute approximate surface area is 116 Å². The molecule has 2 aromatic rings. The first kappa shape index (κ1) is 13.6. The lowest BCUT2D eigenvalue weighted by Gasteiger charge is -1.97. The van der Waals surface area contributed by atoms with Crippen molar-refractivity contribution in [1.82, 2.24) is 9.97 Å². The summed E-state index contributed by atoms with van der Waals surface area (Å²) in [6.45, 7) is 2.90. The van der Waals surface area contributed by atoms with E-state index in [1.54, 1.807) is 0 Å². The van der Waals surface area contributed by atoms with Crippen molar-refractivity contribution >= 4 is 27.0 Å². The predicted octanol–water partition coefficient (Wildman–Crippen LogP) is 3.70. The number of nitrogens with zero attached hydrogens (tertiary/aromatic N) is 1. The predicted molar refractivity (Wildman–Crippen MR) is 79.8 cm³/mol. The van der Waals surface area contributed by atoms with Gasteiger partial charge in [0.1, 0.15) is 5.82 Å². The Bertz CT molecular complexity index is 519. The maximum atomic E-state index is 5.48. The van der Waals surface area contributed by atoms with Gasteiger partial charge in [0.25, 0.3) is 0 Å². The molecular weight excluding hydrogens is 290 g/mol. The largest absolute Gasteiger partial charge is 0.342 e. The van der Waals surface area contributed by atoms with Gasteiger partial charge in [-0.25, -0.2) is 4.98 Å². The van der Waals surface area contributed by atoms with Gasteiger partial charge in [0.15, 0.2) is 0 Å². The van der Waals surface area contributed by atoms with Crippen LogP contribution in [0, 0.1) is 6.92 Å². The van der Waals surface area contributed by atoms with Gasteiger partial charge in [-0.3, -0.25) is 0 Å². The average Bonchev–Trinajstić information content (AvgIpc) is 2.72. The Hall–Kier alpha value is -0.870. The molecule has 1 aromatic carbocycles. The summed E-state index contributed by atoms with van der Waals surface area (Å²) < 4.78 is 1.10. The highest BCUT2D eigenvalue weighted by molar-refractivity contribution is 9.10. The van der Waals surface area contributed by atoms with Gasteiger partial charge in [-0.1, -0.05) is 28.8 Å². The number of nitrogens with two attached hydrogens (primary N) is 1. The number of aromatic nitrogens is 2. The third-order valence-corrected chi connectivity index (χ3v) is 3.62. The molecule has 0 aliphatic rings. The van der Waals surface area contributed by atoms with Gasteiger partial charge in [0.2, 0.25) is 0 Å². The van der Waals surface area contributed by atoms with Crippen LogP contribution in [-0.2, 0) is 6.42 Å². The van der Waals surface area contributed by atoms with E-state index in [4.69, 9.17) is 5.73 Å². The molecule has 0 saturated carbocycles. The van der Waals surface area contributed by atoms with Crippen molar-refractivity contribution in [2.45, 2.75) is 39.0 Å². The molecule has 0 unspecified atom stereocenters. The Morgan fingerprint density at radius 2 is 2.00 bits per heavy atom. The molecule has 3 N–H and O–H groups in total. The van der Waals surface area contributed by atoms with Crippen LogP contribution in [0.25, 0.3) is 11.0 Å². The summed E-state index contributed by atoms with van der Waals surface area (Å²) in [5, 5.41) is 0. The molecule has 0 bridgehead atoms. The normalized spacial score (nSPS) is 11.3. The maximum Gasteiger partial charge on any atom is 0.107 e. The summed E-state index contributed by atoms with van der Waals surface area (Å²) >= 11 is 3.51. The van der Waals surface area contributed by atoms with E-state index in [0.29, 0.717) is 0 Å². The lowest BCUT2D eigenvalue weighted by atomic mass is 10.1. The van der Waals surface area contributed by atoms with Crippen molar-refractivity contribution in [3.8, 4) is 0 Å². The minimum Gasteiger partial charge on any atom is -0.342 e. The minimum atomic E-state index is 0.803. The smallest absolute Gasteiger partial charge is 0.107 e. The standard InChI is InChI=1S/C14H20BrN3/c1-10-8-11(15)9-12-14(10)18-13(17-12)6-4-2-3-5-7-16/h8-9H,2-7,16H2,1H3,(H,17,18). The summed E-state index contributed by atoms with van der Waals surface area (Å²) in [4.78, 5) is 8.07. The van der Waals surface area contributed by atoms with E-state index in [0.717, 1.165) is 40.7 Å². The second-order valence-corrected chi connectivity index (χ2v) is 5.67. The molecule has 1 aromatic heterocycles. The van der Waals surface area contributed by atoms with Crippen molar-refractivity contribution in [2.75, 3.05) is 6.54 Å². The molecule has 0 fully saturated rings. The zero-order chi connectivity index (χ0) is 13.0. The summed E-state index contributed by atoms with van der Waals surface area (Å²) in [7, 11) is 0. The van der Waals surface area contributed by atoms with E-state index in [2.05, 4.69) is 45.0 Å². The fourth-order valence-corrected chi connectivity index (χ4v) is 2.78. The Morgan fingerprint density at radius 3 is 2.78 bits per heavy atom. The molecule has 0 amide bonds. The summed E-state index contributed by atoms with van der Waals surface area (Å²) in [6.07, 6.45) is 5.79. The molecule has 0 radical (unpaired) electrons. The number of unbranched alkanes of at least 4 members (excludes halogenated alkanes) is 3. The third-order valence-electron chi connectivity index (χ3n) is 3.16. The summed E-state index contributed by atoms with van der Waals surface area (Å²) in [5.74, 6) is 1.10. The number of halogens is 1. The van der Waals surface area contributed by atoms with Gasteiger partial charge < -0.3 is 10.7 Å². The van der Waals surface area contributed by atoms with Crippen molar-refractivity contribution in [1.29, 1.82) is 0 Å². The molecule has 4 heteroatoms. The maximum absolute atomic E-state index is 5.48. The van der Waals surface area contributed by atoms with Gasteiger partial charge in [-0.05, 0) is 44.0 Å². The molecule has 3 nitrogen and oxygen atoms in total. The Morgan fingerprint density at radius 1 is 1.22 bits per heavy atom. The molecule has 0 aliphatic heterocycles. The highest BCUT2D eigenvalue weighted by atomic mass is 79.9. The fourth-order valence-electron chi connectivity index (χ4n) is 2.21. The fraction of sp³-hybridized carbons (Fsp3) is 0.500. The number of nitrogens with one attached hydrogen (secondary N) is 1. The second-order valence-electron chi connectivity index (χ2n) is 4.76. The van der Waals surface area contributed by atoms with Crippen LogP contribution in [-0.4, -0.2) is 16.5 Å². The number of H-pyrrole nitrogens is 1. The van der Waals surface area contributed by atoms with E-state index in [-0.39, 0.29) is 0 Å². The molecule has 18 heavy (non-hydrogen) atoms. The van der Waals surface area contributed by atoms with E-state index < -0.39 is 0 Å². The van der Waals surface area contributed by atoms with Crippen molar-refractivity contribution in [3.63, 3.8) is 0 Å². The summed E-state index contributed by atoms with van der Waals surface area (Å²) in [5.41, 5.74) is 8.91. The van der Waals surface area contributed by atoms with Crippen molar-refractivity contribution in [3.05, 3.63) is 28.0 Å². The number of benzene rings is 1. The van der Waals surface area contributed by atoms with E-state index in [1.807, 2.05) is 0 Å². The van der Waals surface area contributed by atoms with Gasteiger partial charge in [-0.2, -0.15) is 0 Å². The lowest BCUT2D eigenvalue weighted by Crippen LogP contribution is -1.98. The summed E-state index contributed by atoms with van der Waals surface area (Å²) in [6, 6.07) is 4.20. The quantitative estimate of drug-likeness (QED) is 0.799. The molecular formula is C14H20BrN3. The van der Waals surface area contributed by atoms with Crippen LogP contribution < -0.4 is 5.73 Å². The van der Waals surface area contributed by atoms with Gasteiger partial charge in [0, 0.05) is 10.9 Å². The lowest BCUT2D eigenvalue weighted by molar-refractivity contribution is 0.638. The Kier molecular flexibility index (Phi) is 4.78. The minimum absolute atomic E-state index is 0.803. The zero-order valence-corrected chi connectivity index (χ0v) is 12.4. The molecule has 0 atom stereocenters. The third kappa shape index (κ3) is 3.33. The van der Waals surface area contributed by atoms with Crippen LogP contribution >= 0.6 is 15.9 Å². The van der Waals surface area contributed by atoms with Crippen molar-refractivity contribution in [2.24, 2.45) is 5.73 Å². The second kappa shape index (κ2) is 6.34. The molecule has 1 heterocycles. The van der Waals surface area contributed by atoms with E-state index in [1.165, 1.54) is 24.8 Å².